The number of hydrogen-bond donors (Lipinski definition) is 2. The average molecular weight is 325 g/mol. The summed E-state index contributed by atoms with van der Waals surface area (Å²) < 4.78 is 27.5. The van der Waals surface area contributed by atoms with E-state index in [2.05, 4.69) is 4.72 Å². The lowest BCUT2D eigenvalue weighted by atomic mass is 10.1. The Kier molecular flexibility index (Phi) is 4.16. The van der Waals surface area contributed by atoms with Crippen LogP contribution in [0.1, 0.15) is 16.7 Å². The maximum absolute atomic E-state index is 12.5. The van der Waals surface area contributed by atoms with Gasteiger partial charge >= 0.3 is 0 Å². The average Bonchev–Trinajstić information content (AvgIpc) is 2.31. The molecule has 0 bridgehead atoms. The van der Waals surface area contributed by atoms with Crippen molar-refractivity contribution >= 4 is 33.0 Å². The molecule has 0 aliphatic heterocycles. The van der Waals surface area contributed by atoms with Crippen molar-refractivity contribution in [2.75, 3.05) is 10.5 Å². The van der Waals surface area contributed by atoms with Crippen molar-refractivity contribution in [1.29, 1.82) is 0 Å². The number of benzene rings is 2. The zero-order chi connectivity index (χ0) is 15.8. The minimum atomic E-state index is -3.78. The summed E-state index contributed by atoms with van der Waals surface area (Å²) >= 11 is 6.04. The van der Waals surface area contributed by atoms with Crippen LogP contribution in [0.15, 0.2) is 35.2 Å². The highest BCUT2D eigenvalue weighted by Gasteiger charge is 2.19. The number of rotatable bonds is 3. The van der Waals surface area contributed by atoms with Crippen LogP contribution in [0.5, 0.6) is 0 Å². The molecule has 21 heavy (non-hydrogen) atoms. The fraction of sp³-hybridized carbons (Fsp3) is 0.200. The second-order valence-corrected chi connectivity index (χ2v) is 7.18. The molecule has 0 aliphatic carbocycles. The second-order valence-electron chi connectivity index (χ2n) is 5.12. The third-order valence-corrected chi connectivity index (χ3v) is 4.93. The number of nitrogen functional groups attached to an aromatic ring is 1. The Labute approximate surface area is 130 Å². The van der Waals surface area contributed by atoms with Crippen molar-refractivity contribution in [3.8, 4) is 0 Å². The van der Waals surface area contributed by atoms with Crippen molar-refractivity contribution < 1.29 is 8.42 Å². The van der Waals surface area contributed by atoms with E-state index in [1.165, 1.54) is 6.07 Å². The smallest absolute Gasteiger partial charge is 0.263 e. The number of anilines is 2. The Morgan fingerprint density at radius 1 is 1.00 bits per heavy atom. The third kappa shape index (κ3) is 3.49. The molecule has 0 unspecified atom stereocenters. The van der Waals surface area contributed by atoms with Gasteiger partial charge in [-0.05, 0) is 61.7 Å². The van der Waals surface area contributed by atoms with Gasteiger partial charge in [0.2, 0.25) is 0 Å². The number of halogens is 1. The van der Waals surface area contributed by atoms with Gasteiger partial charge in [0.15, 0.2) is 0 Å². The number of nitrogens with one attached hydrogen (secondary N) is 1. The van der Waals surface area contributed by atoms with Crippen LogP contribution in [0.3, 0.4) is 0 Å². The fourth-order valence-corrected chi connectivity index (χ4v) is 3.78. The number of aryl methyl sites for hydroxylation is 3. The number of nitrogens with two attached hydrogens (primary N) is 1. The summed E-state index contributed by atoms with van der Waals surface area (Å²) in [4.78, 5) is -0.0218. The Bertz CT molecular complexity index is 781. The summed E-state index contributed by atoms with van der Waals surface area (Å²) in [5.74, 6) is 0. The van der Waals surface area contributed by atoms with E-state index in [9.17, 15) is 8.42 Å². The predicted octanol–water partition coefficient (Wildman–Crippen LogP) is 3.65. The zero-order valence-corrected chi connectivity index (χ0v) is 13.6. The van der Waals surface area contributed by atoms with E-state index < -0.39 is 10.0 Å². The molecule has 0 aliphatic rings. The Morgan fingerprint density at radius 3 is 2.14 bits per heavy atom. The first-order chi connectivity index (χ1) is 9.69. The molecular weight excluding hydrogens is 308 g/mol. The van der Waals surface area contributed by atoms with Gasteiger partial charge in [-0.1, -0.05) is 17.7 Å². The van der Waals surface area contributed by atoms with Crippen molar-refractivity contribution in [2.45, 2.75) is 25.7 Å². The molecule has 2 aromatic rings. The summed E-state index contributed by atoms with van der Waals surface area (Å²) in [7, 11) is -3.78. The van der Waals surface area contributed by atoms with Gasteiger partial charge in [-0.15, -0.1) is 0 Å². The lowest BCUT2D eigenvalue weighted by Crippen LogP contribution is -2.14. The lowest BCUT2D eigenvalue weighted by molar-refractivity contribution is 0.601. The molecule has 6 heteroatoms. The first kappa shape index (κ1) is 15.7. The van der Waals surface area contributed by atoms with Crippen molar-refractivity contribution in [2.24, 2.45) is 0 Å². The van der Waals surface area contributed by atoms with Gasteiger partial charge in [0.1, 0.15) is 4.90 Å². The summed E-state index contributed by atoms with van der Waals surface area (Å²) in [6.07, 6.45) is 0. The summed E-state index contributed by atoms with van der Waals surface area (Å²) in [6.45, 7) is 5.58. The van der Waals surface area contributed by atoms with Crippen molar-refractivity contribution in [1.82, 2.24) is 0 Å². The van der Waals surface area contributed by atoms with Crippen LogP contribution in [0, 0.1) is 20.8 Å². The first-order valence-corrected chi connectivity index (χ1v) is 8.22. The summed E-state index contributed by atoms with van der Waals surface area (Å²) in [6, 6.07) is 8.41. The molecule has 0 heterocycles. The molecule has 0 amide bonds. The van der Waals surface area contributed by atoms with Gasteiger partial charge in [-0.3, -0.25) is 4.72 Å². The van der Waals surface area contributed by atoms with Crippen molar-refractivity contribution in [3.05, 3.63) is 52.0 Å². The maximum atomic E-state index is 12.5. The highest BCUT2D eigenvalue weighted by molar-refractivity contribution is 7.92. The SMILES string of the molecule is Cc1cc(C)cc(NS(=O)(=O)c2cc(N)c(C)cc2Cl)c1. The number of hydrogen-bond acceptors (Lipinski definition) is 3. The highest BCUT2D eigenvalue weighted by Crippen LogP contribution is 2.28. The monoisotopic (exact) mass is 324 g/mol. The minimum absolute atomic E-state index is 0.0218. The number of sulfonamides is 1. The van der Waals surface area contributed by atoms with E-state index >= 15 is 0 Å². The van der Waals surface area contributed by atoms with E-state index in [0.717, 1.165) is 16.7 Å². The van der Waals surface area contributed by atoms with Crippen molar-refractivity contribution in [3.63, 3.8) is 0 Å². The summed E-state index contributed by atoms with van der Waals surface area (Å²) in [5.41, 5.74) is 9.36. The van der Waals surface area contributed by atoms with E-state index in [1.54, 1.807) is 25.1 Å². The predicted molar refractivity (Wildman–Crippen MR) is 87.3 cm³/mol. The van der Waals surface area contributed by atoms with Gasteiger partial charge in [-0.25, -0.2) is 8.42 Å². The second kappa shape index (κ2) is 5.58. The van der Waals surface area contributed by atoms with Gasteiger partial charge in [0, 0.05) is 11.4 Å². The third-order valence-electron chi connectivity index (χ3n) is 3.08. The molecule has 2 rings (SSSR count). The van der Waals surface area contributed by atoms with Gasteiger partial charge < -0.3 is 5.73 Å². The Morgan fingerprint density at radius 2 is 1.57 bits per heavy atom. The van der Waals surface area contributed by atoms with Gasteiger partial charge in [-0.2, -0.15) is 0 Å². The van der Waals surface area contributed by atoms with Crippen LogP contribution in [0.4, 0.5) is 11.4 Å². The molecule has 0 radical (unpaired) electrons. The van der Waals surface area contributed by atoms with Crippen LogP contribution >= 0.6 is 11.6 Å². The van der Waals surface area contributed by atoms with Crippen LogP contribution in [-0.4, -0.2) is 8.42 Å². The molecule has 0 saturated heterocycles. The fourth-order valence-electron chi connectivity index (χ4n) is 2.12. The van der Waals surface area contributed by atoms with Crippen LogP contribution < -0.4 is 10.5 Å². The van der Waals surface area contributed by atoms with Crippen LogP contribution in [-0.2, 0) is 10.0 Å². The molecule has 0 saturated carbocycles. The Balaban J connectivity index is 2.45. The topological polar surface area (TPSA) is 72.2 Å². The maximum Gasteiger partial charge on any atom is 0.263 e. The van der Waals surface area contributed by atoms with Gasteiger partial charge in [0.25, 0.3) is 10.0 Å². The molecule has 0 aromatic heterocycles. The van der Waals surface area contributed by atoms with E-state index in [4.69, 9.17) is 17.3 Å². The standard InChI is InChI=1S/C15H17ClN2O2S/c1-9-4-10(2)6-12(5-9)18-21(19,20)15-8-14(17)11(3)7-13(15)16/h4-8,18H,17H2,1-3H3. The molecule has 0 spiro atoms. The van der Waals surface area contributed by atoms with Gasteiger partial charge in [0.05, 0.1) is 5.02 Å². The lowest BCUT2D eigenvalue weighted by Gasteiger charge is -2.12. The molecular formula is C15H17ClN2O2S. The van der Waals surface area contributed by atoms with Crippen LogP contribution in [0.25, 0.3) is 0 Å². The highest BCUT2D eigenvalue weighted by atomic mass is 35.5. The summed E-state index contributed by atoms with van der Waals surface area (Å²) in [5, 5.41) is 0.151. The normalized spacial score (nSPS) is 11.4. The quantitative estimate of drug-likeness (QED) is 0.846. The largest absolute Gasteiger partial charge is 0.398 e. The molecule has 2 aromatic carbocycles. The van der Waals surface area contributed by atoms with E-state index in [-0.39, 0.29) is 9.92 Å². The zero-order valence-electron chi connectivity index (χ0n) is 12.1. The van der Waals surface area contributed by atoms with E-state index in [0.29, 0.717) is 11.4 Å². The molecule has 0 fully saturated rings. The molecule has 112 valence electrons. The van der Waals surface area contributed by atoms with Crippen LogP contribution in [0.2, 0.25) is 5.02 Å². The first-order valence-electron chi connectivity index (χ1n) is 6.36. The molecule has 3 N–H and O–H groups in total. The Hall–Kier alpha value is -1.72. The van der Waals surface area contributed by atoms with E-state index in [1.807, 2.05) is 19.9 Å². The minimum Gasteiger partial charge on any atom is -0.398 e. The molecule has 4 nitrogen and oxygen atoms in total. The molecule has 0 atom stereocenters.